The monoisotopic (exact) mass is 258 g/mol. The van der Waals surface area contributed by atoms with Gasteiger partial charge in [-0.25, -0.2) is 4.98 Å². The van der Waals surface area contributed by atoms with Crippen LogP contribution in [0.1, 0.15) is 36.7 Å². The maximum atomic E-state index is 6.04. The minimum atomic E-state index is -0.0818. The topological polar surface area (TPSA) is 38.9 Å². The molecule has 3 heteroatoms. The van der Waals surface area contributed by atoms with Crippen molar-refractivity contribution in [3.8, 4) is 0 Å². The molecule has 0 saturated heterocycles. The van der Waals surface area contributed by atoms with Crippen molar-refractivity contribution in [3.63, 3.8) is 0 Å². The van der Waals surface area contributed by atoms with Crippen LogP contribution in [0.15, 0.2) is 30.2 Å². The van der Waals surface area contributed by atoms with Crippen molar-refractivity contribution in [3.05, 3.63) is 47.0 Å². The molecule has 2 aromatic heterocycles. The first kappa shape index (κ1) is 13.0. The van der Waals surface area contributed by atoms with Gasteiger partial charge in [-0.15, -0.1) is 11.3 Å². The molecular formula is C15H18N2S. The second kappa shape index (κ2) is 5.04. The number of aryl methyl sites for hydroxylation is 1. The van der Waals surface area contributed by atoms with Gasteiger partial charge in [0.2, 0.25) is 0 Å². The highest BCUT2D eigenvalue weighted by Gasteiger charge is 2.14. The highest BCUT2D eigenvalue weighted by atomic mass is 32.1. The van der Waals surface area contributed by atoms with Crippen molar-refractivity contribution in [1.29, 1.82) is 0 Å². The van der Waals surface area contributed by atoms with Gasteiger partial charge < -0.3 is 5.73 Å². The van der Waals surface area contributed by atoms with Gasteiger partial charge in [-0.3, -0.25) is 0 Å². The predicted octanol–water partition coefficient (Wildman–Crippen LogP) is 4.21. The standard InChI is InChI=1S/C15H18N2S/c1-5-11(6-2)13-7-12-9(3)8-18-15(12)17-14(13)10(4)16/h5-8,10H,1,16H2,2-4H3/b11-6+. The molecule has 2 rings (SSSR count). The van der Waals surface area contributed by atoms with Crippen molar-refractivity contribution in [2.45, 2.75) is 26.8 Å². The normalized spacial score (nSPS) is 13.9. The highest BCUT2D eigenvalue weighted by Crippen LogP contribution is 2.31. The van der Waals surface area contributed by atoms with E-state index >= 15 is 0 Å². The SMILES string of the molecule is C=C/C(=C\C)c1cc2c(C)csc2nc1C(C)N. The first-order valence-corrected chi connectivity index (χ1v) is 6.90. The number of thiophene rings is 1. The van der Waals surface area contributed by atoms with Crippen LogP contribution < -0.4 is 5.73 Å². The van der Waals surface area contributed by atoms with Gasteiger partial charge in [-0.1, -0.05) is 18.7 Å². The van der Waals surface area contributed by atoms with Crippen LogP contribution in [-0.4, -0.2) is 4.98 Å². The Kier molecular flexibility index (Phi) is 3.64. The summed E-state index contributed by atoms with van der Waals surface area (Å²) in [5, 5.41) is 3.34. The van der Waals surface area contributed by atoms with Crippen LogP contribution in [0.25, 0.3) is 15.8 Å². The molecule has 18 heavy (non-hydrogen) atoms. The summed E-state index contributed by atoms with van der Waals surface area (Å²) >= 11 is 1.67. The summed E-state index contributed by atoms with van der Waals surface area (Å²) in [7, 11) is 0. The molecule has 2 N–H and O–H groups in total. The van der Waals surface area contributed by atoms with E-state index in [9.17, 15) is 0 Å². The molecule has 0 aromatic carbocycles. The number of nitrogens with zero attached hydrogens (tertiary/aromatic N) is 1. The van der Waals surface area contributed by atoms with Gasteiger partial charge in [0.1, 0.15) is 4.83 Å². The fraction of sp³-hybridized carbons (Fsp3) is 0.267. The number of hydrogen-bond donors (Lipinski definition) is 1. The first-order chi connectivity index (χ1) is 8.58. The van der Waals surface area contributed by atoms with Crippen molar-refractivity contribution in [1.82, 2.24) is 4.98 Å². The largest absolute Gasteiger partial charge is 0.323 e. The number of nitrogens with two attached hydrogens (primary N) is 1. The lowest BCUT2D eigenvalue weighted by molar-refractivity contribution is 0.784. The third-order valence-corrected chi connectivity index (χ3v) is 4.07. The van der Waals surface area contributed by atoms with E-state index in [1.807, 2.05) is 26.0 Å². The lowest BCUT2D eigenvalue weighted by Gasteiger charge is -2.13. The summed E-state index contributed by atoms with van der Waals surface area (Å²) in [6.45, 7) is 9.95. The highest BCUT2D eigenvalue weighted by molar-refractivity contribution is 7.16. The third kappa shape index (κ3) is 2.11. The molecule has 0 radical (unpaired) electrons. The molecule has 1 atom stereocenters. The second-order valence-electron chi connectivity index (χ2n) is 4.43. The molecule has 2 aromatic rings. The zero-order chi connectivity index (χ0) is 13.3. The Balaban J connectivity index is 2.78. The Hall–Kier alpha value is -1.45. The van der Waals surface area contributed by atoms with Crippen LogP contribution in [0, 0.1) is 6.92 Å². The van der Waals surface area contributed by atoms with Crippen molar-refractivity contribution in [2.75, 3.05) is 0 Å². The fourth-order valence-corrected chi connectivity index (χ4v) is 2.96. The second-order valence-corrected chi connectivity index (χ2v) is 5.29. The van der Waals surface area contributed by atoms with Crippen molar-refractivity contribution >= 4 is 27.1 Å². The smallest absolute Gasteiger partial charge is 0.123 e. The van der Waals surface area contributed by atoms with E-state index in [4.69, 9.17) is 10.7 Å². The maximum absolute atomic E-state index is 6.04. The van der Waals surface area contributed by atoms with E-state index in [1.54, 1.807) is 11.3 Å². The number of fused-ring (bicyclic) bond motifs is 1. The summed E-state index contributed by atoms with van der Waals surface area (Å²) in [6, 6.07) is 2.10. The molecule has 94 valence electrons. The summed E-state index contributed by atoms with van der Waals surface area (Å²) < 4.78 is 0. The van der Waals surface area contributed by atoms with Crippen LogP contribution in [-0.2, 0) is 0 Å². The molecular weight excluding hydrogens is 240 g/mol. The summed E-state index contributed by atoms with van der Waals surface area (Å²) in [5.41, 5.74) is 10.4. The van der Waals surface area contributed by atoms with Crippen molar-refractivity contribution in [2.24, 2.45) is 5.73 Å². The Labute approximate surface area is 112 Å². The number of allylic oxidation sites excluding steroid dienone is 3. The molecule has 2 nitrogen and oxygen atoms in total. The molecule has 2 heterocycles. The minimum Gasteiger partial charge on any atom is -0.323 e. The van der Waals surface area contributed by atoms with Gasteiger partial charge in [-0.2, -0.15) is 0 Å². The Morgan fingerprint density at radius 1 is 1.56 bits per heavy atom. The Morgan fingerprint density at radius 2 is 2.28 bits per heavy atom. The van der Waals surface area contributed by atoms with Gasteiger partial charge in [0.25, 0.3) is 0 Å². The molecule has 0 amide bonds. The van der Waals surface area contributed by atoms with Crippen LogP contribution in [0.3, 0.4) is 0 Å². The number of pyridine rings is 1. The molecule has 0 aliphatic heterocycles. The summed E-state index contributed by atoms with van der Waals surface area (Å²) in [4.78, 5) is 5.78. The number of rotatable bonds is 3. The molecule has 0 fully saturated rings. The molecule has 0 bridgehead atoms. The zero-order valence-corrected chi connectivity index (χ0v) is 11.8. The zero-order valence-electron chi connectivity index (χ0n) is 11.0. The van der Waals surface area contributed by atoms with E-state index in [-0.39, 0.29) is 6.04 Å². The van der Waals surface area contributed by atoms with Crippen LogP contribution in [0.4, 0.5) is 0 Å². The fourth-order valence-electron chi connectivity index (χ4n) is 2.05. The van der Waals surface area contributed by atoms with Gasteiger partial charge in [0, 0.05) is 17.0 Å². The minimum absolute atomic E-state index is 0.0818. The Morgan fingerprint density at radius 3 is 2.83 bits per heavy atom. The molecule has 0 aliphatic carbocycles. The average molecular weight is 258 g/mol. The molecule has 0 spiro atoms. The van der Waals surface area contributed by atoms with Crippen LogP contribution in [0.5, 0.6) is 0 Å². The Bertz CT molecular complexity index is 621. The molecule has 0 saturated carbocycles. The summed E-state index contributed by atoms with van der Waals surface area (Å²) in [5.74, 6) is 0. The van der Waals surface area contributed by atoms with Crippen LogP contribution in [0.2, 0.25) is 0 Å². The maximum Gasteiger partial charge on any atom is 0.123 e. The lowest BCUT2D eigenvalue weighted by Crippen LogP contribution is -2.10. The van der Waals surface area contributed by atoms with Gasteiger partial charge in [-0.05, 0) is 43.4 Å². The van der Waals surface area contributed by atoms with E-state index < -0.39 is 0 Å². The van der Waals surface area contributed by atoms with E-state index in [2.05, 4.69) is 24.9 Å². The number of aromatic nitrogens is 1. The summed E-state index contributed by atoms with van der Waals surface area (Å²) in [6.07, 6.45) is 3.90. The average Bonchev–Trinajstić information content (AvgIpc) is 2.71. The van der Waals surface area contributed by atoms with Gasteiger partial charge in [0.15, 0.2) is 0 Å². The van der Waals surface area contributed by atoms with E-state index in [0.29, 0.717) is 0 Å². The lowest BCUT2D eigenvalue weighted by atomic mass is 9.99. The molecule has 0 aliphatic rings. The quantitative estimate of drug-likeness (QED) is 0.837. The van der Waals surface area contributed by atoms with Gasteiger partial charge >= 0.3 is 0 Å². The van der Waals surface area contributed by atoms with E-state index in [0.717, 1.165) is 21.7 Å². The first-order valence-electron chi connectivity index (χ1n) is 6.02. The predicted molar refractivity (Wildman–Crippen MR) is 80.8 cm³/mol. The van der Waals surface area contributed by atoms with Crippen LogP contribution >= 0.6 is 11.3 Å². The van der Waals surface area contributed by atoms with E-state index in [1.165, 1.54) is 10.9 Å². The van der Waals surface area contributed by atoms with Crippen molar-refractivity contribution < 1.29 is 0 Å². The third-order valence-electron chi connectivity index (χ3n) is 3.06. The number of hydrogen-bond acceptors (Lipinski definition) is 3. The molecule has 1 unspecified atom stereocenters. The van der Waals surface area contributed by atoms with Gasteiger partial charge in [0.05, 0.1) is 5.69 Å².